The van der Waals surface area contributed by atoms with Crippen LogP contribution in [0.25, 0.3) is 0 Å². The molecule has 0 aliphatic rings. The fourth-order valence-corrected chi connectivity index (χ4v) is 4.55. The van der Waals surface area contributed by atoms with Crippen molar-refractivity contribution in [3.63, 3.8) is 0 Å². The van der Waals surface area contributed by atoms with E-state index in [2.05, 4.69) is 30.4 Å². The summed E-state index contributed by atoms with van der Waals surface area (Å²) in [5.41, 5.74) is -6.45. The lowest BCUT2D eigenvalue weighted by atomic mass is 9.77. The van der Waals surface area contributed by atoms with Crippen molar-refractivity contribution in [1.82, 2.24) is 28.7 Å². The second kappa shape index (κ2) is 10.7. The molecule has 1 atom stereocenters. The summed E-state index contributed by atoms with van der Waals surface area (Å²) < 4.78 is 43.8. The molecule has 41 heavy (non-hydrogen) atoms. The van der Waals surface area contributed by atoms with Gasteiger partial charge in [-0.15, -0.1) is 0 Å². The molecule has 3 aromatic heterocycles. The number of oxime groups is 3. The van der Waals surface area contributed by atoms with E-state index in [1.54, 1.807) is 31.5 Å². The third-order valence-electron chi connectivity index (χ3n) is 7.12. The summed E-state index contributed by atoms with van der Waals surface area (Å²) in [6, 6.07) is 0. The Hall–Kier alpha value is -4.77. The second-order valence-corrected chi connectivity index (χ2v) is 10.4. The van der Waals surface area contributed by atoms with Crippen LogP contribution in [0.15, 0.2) is 52.9 Å². The van der Waals surface area contributed by atoms with E-state index in [4.69, 9.17) is 0 Å². The molecular weight excluding hydrogens is 553 g/mol. The minimum absolute atomic E-state index is 0.0655. The van der Waals surface area contributed by atoms with E-state index in [0.717, 1.165) is 23.4 Å². The number of rotatable bonds is 10. The zero-order chi connectivity index (χ0) is 31.0. The van der Waals surface area contributed by atoms with Gasteiger partial charge in [-0.2, -0.15) is 13.2 Å². The normalized spacial score (nSPS) is 15.7. The van der Waals surface area contributed by atoms with Crippen LogP contribution in [0, 0.1) is 17.0 Å². The van der Waals surface area contributed by atoms with Gasteiger partial charge < -0.3 is 34.9 Å². The predicted octanol–water partition coefficient (Wildman–Crippen LogP) is 3.98. The van der Waals surface area contributed by atoms with Gasteiger partial charge in [-0.25, -0.2) is 9.97 Å². The Labute approximate surface area is 231 Å². The van der Waals surface area contributed by atoms with Crippen LogP contribution in [-0.4, -0.2) is 66.3 Å². The summed E-state index contributed by atoms with van der Waals surface area (Å²) in [5, 5.41) is 52.2. The zero-order valence-corrected chi connectivity index (χ0v) is 22.9. The van der Waals surface area contributed by atoms with E-state index < -0.39 is 50.7 Å². The summed E-state index contributed by atoms with van der Waals surface area (Å²) in [4.78, 5) is 22.0. The third-order valence-corrected chi connectivity index (χ3v) is 7.12. The number of alkyl halides is 3. The first kappa shape index (κ1) is 30.8. The Balaban J connectivity index is 2.22. The monoisotopic (exact) mass is 582 g/mol. The van der Waals surface area contributed by atoms with Crippen LogP contribution in [0.3, 0.4) is 0 Å². The van der Waals surface area contributed by atoms with Gasteiger partial charge in [0.2, 0.25) is 6.33 Å². The van der Waals surface area contributed by atoms with Crippen molar-refractivity contribution in [3.8, 4) is 0 Å². The van der Waals surface area contributed by atoms with Crippen LogP contribution in [0.4, 0.5) is 19.0 Å². The first-order valence-corrected chi connectivity index (χ1v) is 11.9. The van der Waals surface area contributed by atoms with Gasteiger partial charge in [-0.1, -0.05) is 15.5 Å². The second-order valence-electron chi connectivity index (χ2n) is 10.4. The lowest BCUT2D eigenvalue weighted by Crippen LogP contribution is -2.53. The highest BCUT2D eigenvalue weighted by atomic mass is 19.4. The molecule has 0 spiro atoms. The Kier molecular flexibility index (Phi) is 8.00. The zero-order valence-electron chi connectivity index (χ0n) is 22.9. The lowest BCUT2D eigenvalue weighted by molar-refractivity contribution is -0.389. The summed E-state index contributed by atoms with van der Waals surface area (Å²) >= 11 is 0. The highest BCUT2D eigenvalue weighted by Gasteiger charge is 2.47. The number of aryl methyl sites for hydroxylation is 1. The number of hydrogen-bond donors (Lipinski definition) is 3. The molecule has 0 saturated heterocycles. The van der Waals surface area contributed by atoms with Gasteiger partial charge in [-0.05, 0) is 51.4 Å². The molecule has 1 unspecified atom stereocenters. The topological polar surface area (TPSA) is 194 Å². The third kappa shape index (κ3) is 5.48. The van der Waals surface area contributed by atoms with E-state index in [1.807, 2.05) is 0 Å². The highest BCUT2D eigenvalue weighted by molar-refractivity contribution is 6.47. The van der Waals surface area contributed by atoms with Gasteiger partial charge >= 0.3 is 12.0 Å². The van der Waals surface area contributed by atoms with E-state index in [-0.39, 0.29) is 12.1 Å². The lowest BCUT2D eigenvalue weighted by Gasteiger charge is -2.38. The molecule has 222 valence electrons. The molecule has 18 heteroatoms. The van der Waals surface area contributed by atoms with Crippen LogP contribution < -0.4 is 0 Å². The van der Waals surface area contributed by atoms with Crippen LogP contribution in [0.2, 0.25) is 0 Å². The molecule has 0 fully saturated rings. The minimum Gasteiger partial charge on any atom is -0.411 e. The van der Waals surface area contributed by atoms with Crippen molar-refractivity contribution in [2.45, 2.75) is 70.8 Å². The first-order chi connectivity index (χ1) is 18.9. The largest absolute Gasteiger partial charge is 0.434 e. The fourth-order valence-electron chi connectivity index (χ4n) is 4.55. The summed E-state index contributed by atoms with van der Waals surface area (Å²) in [7, 11) is 0. The molecule has 3 rings (SSSR count). The Morgan fingerprint density at radius 3 is 1.98 bits per heavy atom. The summed E-state index contributed by atoms with van der Waals surface area (Å²) in [6.07, 6.45) is 1.73. The van der Waals surface area contributed by atoms with Crippen LogP contribution >= 0.6 is 0 Å². The molecule has 3 heterocycles. The van der Waals surface area contributed by atoms with Crippen LogP contribution in [0.1, 0.15) is 52.6 Å². The average Bonchev–Trinajstić information content (AvgIpc) is 3.65. The Bertz CT molecular complexity index is 1520. The van der Waals surface area contributed by atoms with Gasteiger partial charge in [0.05, 0.1) is 28.7 Å². The quantitative estimate of drug-likeness (QED) is 0.138. The summed E-state index contributed by atoms with van der Waals surface area (Å²) in [5.74, 6) is -0.0154. The average molecular weight is 583 g/mol. The van der Waals surface area contributed by atoms with Gasteiger partial charge in [0.15, 0.2) is 5.69 Å². The maximum Gasteiger partial charge on any atom is 0.434 e. The number of halogens is 3. The van der Waals surface area contributed by atoms with E-state index in [1.165, 1.54) is 31.5 Å². The molecule has 0 amide bonds. The van der Waals surface area contributed by atoms with Crippen molar-refractivity contribution in [2.75, 3.05) is 0 Å². The molecule has 3 aromatic rings. The van der Waals surface area contributed by atoms with Gasteiger partial charge in [-0.3, -0.25) is 4.57 Å². The van der Waals surface area contributed by atoms with E-state index in [0.29, 0.717) is 12.0 Å². The van der Waals surface area contributed by atoms with Gasteiger partial charge in [0, 0.05) is 25.0 Å². The van der Waals surface area contributed by atoms with Crippen molar-refractivity contribution in [3.05, 3.63) is 59.1 Å². The minimum atomic E-state index is -4.76. The van der Waals surface area contributed by atoms with E-state index in [9.17, 15) is 38.9 Å². The van der Waals surface area contributed by atoms with Gasteiger partial charge in [0.25, 0.3) is 0 Å². The Morgan fingerprint density at radius 2 is 1.54 bits per heavy atom. The van der Waals surface area contributed by atoms with Crippen LogP contribution in [-0.2, 0) is 22.8 Å². The smallest absolute Gasteiger partial charge is 0.411 e. The molecule has 0 aliphatic heterocycles. The number of imidazole rings is 3. The Morgan fingerprint density at radius 1 is 0.927 bits per heavy atom. The molecule has 15 nitrogen and oxygen atoms in total. The molecule has 0 bridgehead atoms. The first-order valence-electron chi connectivity index (χ1n) is 11.9. The van der Waals surface area contributed by atoms with Crippen molar-refractivity contribution in [2.24, 2.45) is 15.5 Å². The summed E-state index contributed by atoms with van der Waals surface area (Å²) in [6.45, 7) is 9.33. The molecule has 0 aromatic carbocycles. The van der Waals surface area contributed by atoms with Crippen LogP contribution in [0.5, 0.6) is 0 Å². The van der Waals surface area contributed by atoms with Crippen molar-refractivity contribution < 1.29 is 33.7 Å². The van der Waals surface area contributed by atoms with Crippen molar-refractivity contribution in [1.29, 1.82) is 0 Å². The van der Waals surface area contributed by atoms with E-state index >= 15 is 0 Å². The highest BCUT2D eigenvalue weighted by Crippen LogP contribution is 2.35. The molecule has 3 N–H and O–H groups in total. The number of nitrogens with zero attached hydrogens (tertiary/aromatic N) is 10. The maximum atomic E-state index is 13.3. The molecule has 0 saturated carbocycles. The maximum absolute atomic E-state index is 13.3. The molecule has 0 radical (unpaired) electrons. The molecular formula is C23H29F3N10O5. The van der Waals surface area contributed by atoms with Crippen molar-refractivity contribution >= 4 is 23.0 Å². The SMILES string of the molecule is Cc1nccn1C(C)(C)C(CC(C)(C(=NO)C(=NO)C(C)(C)n1cnc(C(F)(F)F)c1)n1cnc([N+](=O)[O-])c1)=NO. The number of hydrogen-bond acceptors (Lipinski definition) is 11. The van der Waals surface area contributed by atoms with Gasteiger partial charge in [0.1, 0.15) is 23.4 Å². The fraction of sp³-hybridized carbons (Fsp3) is 0.478. The predicted molar refractivity (Wildman–Crippen MR) is 138 cm³/mol. The molecule has 0 aliphatic carbocycles. The number of aromatic nitrogens is 6. The number of nitro groups is 1. The standard InChI is InChI=1S/C23H29F3N10O5/c1-14-27-7-8-35(14)20(2,3)15(30-37)9-22(6,34-11-17(29-13-34)36(40)41)19(32-39)18(31-38)21(4,5)33-10-16(28-12-33)23(24,25)26/h7-8,10-13,37-39H,9H2,1-6H3.